The van der Waals surface area contributed by atoms with Crippen LogP contribution in [0.25, 0.3) is 0 Å². The van der Waals surface area contributed by atoms with Crippen molar-refractivity contribution in [3.63, 3.8) is 0 Å². The van der Waals surface area contributed by atoms with Crippen molar-refractivity contribution in [2.45, 2.75) is 39.1 Å². The first-order valence-corrected chi connectivity index (χ1v) is 8.26. The van der Waals surface area contributed by atoms with E-state index in [1.807, 2.05) is 20.8 Å². The van der Waals surface area contributed by atoms with Crippen molar-refractivity contribution in [1.29, 1.82) is 0 Å². The van der Waals surface area contributed by atoms with Crippen LogP contribution < -0.4 is 0 Å². The smallest absolute Gasteiger partial charge is 0.197 e. The lowest BCUT2D eigenvalue weighted by Gasteiger charge is -2.45. The van der Waals surface area contributed by atoms with E-state index in [0.29, 0.717) is 0 Å². The van der Waals surface area contributed by atoms with Crippen molar-refractivity contribution in [3.8, 4) is 0 Å². The van der Waals surface area contributed by atoms with Crippen LogP contribution in [-0.4, -0.2) is 41.9 Å². The number of aliphatic hydroxyl groups excluding tert-OH is 2. The topological polar surface area (TPSA) is 66.8 Å². The molecule has 0 aromatic heterocycles. The minimum Gasteiger partial charge on any atom is -0.392 e. The molecule has 2 N–H and O–H groups in total. The molecule has 1 aliphatic carbocycles. The number of hydrogen-bond donors (Lipinski definition) is 2. The molecule has 0 radical (unpaired) electrons. The highest BCUT2D eigenvalue weighted by Crippen LogP contribution is 2.46. The van der Waals surface area contributed by atoms with Gasteiger partial charge in [-0.15, -0.1) is 0 Å². The maximum Gasteiger partial charge on any atom is 0.197 e. The summed E-state index contributed by atoms with van der Waals surface area (Å²) < 4.78 is 17.2. The van der Waals surface area contributed by atoms with Crippen molar-refractivity contribution >= 4 is 7.37 Å². The highest BCUT2D eigenvalue weighted by atomic mass is 31.2. The number of aliphatic hydroxyl groups is 2. The summed E-state index contributed by atoms with van der Waals surface area (Å²) in [5, 5.41) is 19.9. The van der Waals surface area contributed by atoms with Crippen molar-refractivity contribution in [3.05, 3.63) is 0 Å². The predicted octanol–water partition coefficient (Wildman–Crippen LogP) is 1.55. The van der Waals surface area contributed by atoms with Gasteiger partial charge in [-0.3, -0.25) is 4.57 Å². The first-order chi connectivity index (χ1) is 7.15. The molecule has 0 heterocycles. The SMILES string of the molecule is CC1[C@@H](O)[C@@H](C)C(OP(C)(C)=O)[C@H](C)[C@H]1O. The molecule has 0 aliphatic heterocycles. The first kappa shape index (κ1) is 14.2. The molecule has 1 fully saturated rings. The van der Waals surface area contributed by atoms with Crippen LogP contribution in [0.4, 0.5) is 0 Å². The molecule has 4 nitrogen and oxygen atoms in total. The van der Waals surface area contributed by atoms with Crippen LogP contribution in [0, 0.1) is 17.8 Å². The van der Waals surface area contributed by atoms with Crippen LogP contribution in [0.5, 0.6) is 0 Å². The summed E-state index contributed by atoms with van der Waals surface area (Å²) in [5.74, 6) is -0.388. The number of hydrogen-bond acceptors (Lipinski definition) is 4. The van der Waals surface area contributed by atoms with Crippen molar-refractivity contribution in [2.75, 3.05) is 13.3 Å². The molecule has 0 aromatic carbocycles. The molecule has 1 aliphatic rings. The molecule has 0 amide bonds. The fourth-order valence-electron chi connectivity index (χ4n) is 2.51. The second-order valence-corrected chi connectivity index (χ2v) is 8.10. The lowest BCUT2D eigenvalue weighted by Crippen LogP contribution is -2.53. The Morgan fingerprint density at radius 1 is 0.938 bits per heavy atom. The summed E-state index contributed by atoms with van der Waals surface area (Å²) in [6.45, 7) is 8.70. The fraction of sp³-hybridized carbons (Fsp3) is 1.00. The Kier molecular flexibility index (Phi) is 4.23. The summed E-state index contributed by atoms with van der Waals surface area (Å²) in [6, 6.07) is 0. The van der Waals surface area contributed by atoms with Crippen LogP contribution in [0.1, 0.15) is 20.8 Å². The van der Waals surface area contributed by atoms with Gasteiger partial charge < -0.3 is 14.7 Å². The number of rotatable bonds is 2. The second-order valence-electron chi connectivity index (χ2n) is 5.38. The standard InChI is InChI=1S/C11H23O4P/c1-6-9(12)7(2)11(8(3)10(6)13)15-16(4,5)14/h6-13H,1-5H3/t6?,7-,8-,9-,10+,11?/m1/s1. The third-order valence-electron chi connectivity index (χ3n) is 3.57. The van der Waals surface area contributed by atoms with E-state index in [1.54, 1.807) is 13.3 Å². The van der Waals surface area contributed by atoms with E-state index in [1.165, 1.54) is 0 Å². The van der Waals surface area contributed by atoms with Gasteiger partial charge >= 0.3 is 0 Å². The molecule has 16 heavy (non-hydrogen) atoms. The Hall–Kier alpha value is 0.110. The summed E-state index contributed by atoms with van der Waals surface area (Å²) in [4.78, 5) is 0. The van der Waals surface area contributed by atoms with E-state index in [9.17, 15) is 14.8 Å². The molecule has 0 bridgehead atoms. The maximum absolute atomic E-state index is 11.7. The summed E-state index contributed by atoms with van der Waals surface area (Å²) in [5.41, 5.74) is 0. The van der Waals surface area contributed by atoms with Crippen molar-refractivity contribution in [2.24, 2.45) is 17.8 Å². The van der Waals surface area contributed by atoms with Gasteiger partial charge in [-0.1, -0.05) is 20.8 Å². The first-order valence-electron chi connectivity index (χ1n) is 5.74. The van der Waals surface area contributed by atoms with Crippen LogP contribution in [0.15, 0.2) is 0 Å². The zero-order valence-corrected chi connectivity index (χ0v) is 11.5. The van der Waals surface area contributed by atoms with E-state index in [-0.39, 0.29) is 23.9 Å². The van der Waals surface area contributed by atoms with E-state index < -0.39 is 19.6 Å². The van der Waals surface area contributed by atoms with Gasteiger partial charge in [0.05, 0.1) is 18.3 Å². The zero-order valence-electron chi connectivity index (χ0n) is 10.6. The summed E-state index contributed by atoms with van der Waals surface area (Å²) >= 11 is 0. The van der Waals surface area contributed by atoms with Gasteiger partial charge in [0.1, 0.15) is 0 Å². The molecule has 1 saturated carbocycles. The van der Waals surface area contributed by atoms with E-state index >= 15 is 0 Å². The highest BCUT2D eigenvalue weighted by Gasteiger charge is 2.45. The third kappa shape index (κ3) is 2.86. The third-order valence-corrected chi connectivity index (χ3v) is 4.32. The Labute approximate surface area is 97.5 Å². The van der Waals surface area contributed by atoms with Gasteiger partial charge in [-0.25, -0.2) is 0 Å². The van der Waals surface area contributed by atoms with Gasteiger partial charge in [0, 0.05) is 31.1 Å². The summed E-state index contributed by atoms with van der Waals surface area (Å²) in [7, 11) is -2.60. The fourth-order valence-corrected chi connectivity index (χ4v) is 3.48. The lowest BCUT2D eigenvalue weighted by atomic mass is 9.71. The van der Waals surface area contributed by atoms with Gasteiger partial charge in [0.25, 0.3) is 0 Å². The zero-order chi connectivity index (χ0) is 12.7. The Morgan fingerprint density at radius 2 is 1.31 bits per heavy atom. The van der Waals surface area contributed by atoms with Crippen LogP contribution in [0.3, 0.4) is 0 Å². The molecular weight excluding hydrogens is 227 g/mol. The monoisotopic (exact) mass is 250 g/mol. The molecule has 1 rings (SSSR count). The predicted molar refractivity (Wildman–Crippen MR) is 63.8 cm³/mol. The Bertz CT molecular complexity index is 272. The van der Waals surface area contributed by atoms with E-state index in [4.69, 9.17) is 4.52 Å². The minimum absolute atomic E-state index is 0.110. The molecule has 5 heteroatoms. The molecular formula is C11H23O4P. The normalized spacial score (nSPS) is 45.7. The van der Waals surface area contributed by atoms with Crippen LogP contribution >= 0.6 is 7.37 Å². The van der Waals surface area contributed by atoms with Gasteiger partial charge in [-0.05, 0) is 0 Å². The van der Waals surface area contributed by atoms with Gasteiger partial charge in [0.15, 0.2) is 7.37 Å². The van der Waals surface area contributed by atoms with Crippen molar-refractivity contribution < 1.29 is 19.3 Å². The second kappa shape index (κ2) is 4.77. The molecule has 0 saturated heterocycles. The Balaban J connectivity index is 2.87. The van der Waals surface area contributed by atoms with Crippen LogP contribution in [-0.2, 0) is 9.09 Å². The molecule has 6 atom stereocenters. The van der Waals surface area contributed by atoms with Gasteiger partial charge in [-0.2, -0.15) is 0 Å². The lowest BCUT2D eigenvalue weighted by molar-refractivity contribution is -0.126. The average Bonchev–Trinajstić information content (AvgIpc) is 2.17. The summed E-state index contributed by atoms with van der Waals surface area (Å²) in [6.07, 6.45) is -1.56. The maximum atomic E-state index is 11.7. The van der Waals surface area contributed by atoms with Crippen molar-refractivity contribution in [1.82, 2.24) is 0 Å². The van der Waals surface area contributed by atoms with E-state index in [0.717, 1.165) is 0 Å². The molecule has 0 spiro atoms. The van der Waals surface area contributed by atoms with E-state index in [2.05, 4.69) is 0 Å². The minimum atomic E-state index is -2.60. The Morgan fingerprint density at radius 3 is 1.62 bits per heavy atom. The molecule has 2 unspecified atom stereocenters. The average molecular weight is 250 g/mol. The van der Waals surface area contributed by atoms with Crippen LogP contribution in [0.2, 0.25) is 0 Å². The van der Waals surface area contributed by atoms with Gasteiger partial charge in [0.2, 0.25) is 0 Å². The molecule has 96 valence electrons. The largest absolute Gasteiger partial charge is 0.392 e. The quantitative estimate of drug-likeness (QED) is 0.730. The highest BCUT2D eigenvalue weighted by molar-refractivity contribution is 7.57. The molecule has 0 aromatic rings.